The average Bonchev–Trinajstić information content (AvgIpc) is 2.43. The highest BCUT2D eigenvalue weighted by molar-refractivity contribution is 8.05. The van der Waals surface area contributed by atoms with Crippen molar-refractivity contribution in [1.82, 2.24) is 4.90 Å². The maximum absolute atomic E-state index is 12.3. The van der Waals surface area contributed by atoms with Gasteiger partial charge in [-0.3, -0.25) is 0 Å². The van der Waals surface area contributed by atoms with Gasteiger partial charge < -0.3 is 9.64 Å². The molecule has 0 saturated carbocycles. The van der Waals surface area contributed by atoms with E-state index in [0.717, 1.165) is 24.6 Å². The Kier molecular flexibility index (Phi) is 11.4. The van der Waals surface area contributed by atoms with E-state index >= 15 is 0 Å². The Morgan fingerprint density at radius 2 is 1.14 bits per heavy atom. The molecule has 0 aromatic carbocycles. The van der Waals surface area contributed by atoms with Crippen molar-refractivity contribution in [1.29, 1.82) is 0 Å². The molecule has 0 aliphatic carbocycles. The molecule has 0 atom stereocenters. The van der Waals surface area contributed by atoms with E-state index < -0.39 is 5.60 Å². The summed E-state index contributed by atoms with van der Waals surface area (Å²) in [4.78, 5) is 14.2. The second-order valence-electron chi connectivity index (χ2n) is 5.92. The maximum atomic E-state index is 12.3. The monoisotopic (exact) mass is 383 g/mol. The van der Waals surface area contributed by atoms with Gasteiger partial charge in [0.2, 0.25) is 0 Å². The van der Waals surface area contributed by atoms with Crippen LogP contribution in [0.5, 0.6) is 0 Å². The molecular formula is C15H29NO2S4. The van der Waals surface area contributed by atoms with Gasteiger partial charge in [0, 0.05) is 59.1 Å². The Balaban J connectivity index is 2.43. The Morgan fingerprint density at radius 3 is 1.50 bits per heavy atom. The number of hydrogen-bond donors (Lipinski definition) is 0. The van der Waals surface area contributed by atoms with Crippen molar-refractivity contribution in [2.24, 2.45) is 0 Å². The maximum Gasteiger partial charge on any atom is 0.410 e. The zero-order valence-electron chi connectivity index (χ0n) is 14.0. The highest BCUT2D eigenvalue weighted by Gasteiger charge is 2.21. The second kappa shape index (κ2) is 12.1. The fourth-order valence-electron chi connectivity index (χ4n) is 1.73. The number of amides is 1. The van der Waals surface area contributed by atoms with Crippen molar-refractivity contribution in [2.75, 3.05) is 59.1 Å². The highest BCUT2D eigenvalue weighted by atomic mass is 32.2. The molecule has 1 fully saturated rings. The fourth-order valence-corrected chi connectivity index (χ4v) is 6.08. The van der Waals surface area contributed by atoms with Gasteiger partial charge in [-0.15, -0.1) is 0 Å². The van der Waals surface area contributed by atoms with E-state index in [0.29, 0.717) is 0 Å². The minimum Gasteiger partial charge on any atom is -0.444 e. The van der Waals surface area contributed by atoms with E-state index in [4.69, 9.17) is 4.74 Å². The zero-order chi connectivity index (χ0) is 16.3. The number of carbonyl (C=O) groups is 1. The number of thioether (sulfide) groups is 4. The Hall–Kier alpha value is 0.670. The van der Waals surface area contributed by atoms with Crippen LogP contribution in [0.2, 0.25) is 0 Å². The van der Waals surface area contributed by atoms with Crippen LogP contribution in [0.3, 0.4) is 0 Å². The van der Waals surface area contributed by atoms with Gasteiger partial charge in [0.1, 0.15) is 5.60 Å². The SMILES string of the molecule is CC(C)(C)OC(=O)N1CCSCCSCCSCCSCC1. The summed E-state index contributed by atoms with van der Waals surface area (Å²) in [6, 6.07) is 0. The molecule has 1 aliphatic rings. The molecule has 0 N–H and O–H groups in total. The first-order valence-corrected chi connectivity index (χ1v) is 12.4. The molecule has 0 aromatic heterocycles. The summed E-state index contributed by atoms with van der Waals surface area (Å²) >= 11 is 7.97. The summed E-state index contributed by atoms with van der Waals surface area (Å²) in [5.41, 5.74) is -0.415. The molecule has 1 rings (SSSR count). The minimum absolute atomic E-state index is 0.165. The van der Waals surface area contributed by atoms with Gasteiger partial charge in [0.15, 0.2) is 0 Å². The van der Waals surface area contributed by atoms with Crippen molar-refractivity contribution in [3.63, 3.8) is 0 Å². The van der Waals surface area contributed by atoms with Gasteiger partial charge in [-0.1, -0.05) is 0 Å². The summed E-state index contributed by atoms with van der Waals surface area (Å²) < 4.78 is 5.53. The van der Waals surface area contributed by atoms with Gasteiger partial charge in [-0.25, -0.2) is 4.79 Å². The lowest BCUT2D eigenvalue weighted by atomic mass is 10.2. The van der Waals surface area contributed by atoms with E-state index in [1.165, 1.54) is 34.5 Å². The van der Waals surface area contributed by atoms with E-state index in [1.807, 2.05) is 72.7 Å². The average molecular weight is 384 g/mol. The lowest BCUT2D eigenvalue weighted by molar-refractivity contribution is 0.0274. The van der Waals surface area contributed by atoms with Crippen LogP contribution in [0.15, 0.2) is 0 Å². The van der Waals surface area contributed by atoms with Gasteiger partial charge in [0.05, 0.1) is 0 Å². The quantitative estimate of drug-likeness (QED) is 0.624. The van der Waals surface area contributed by atoms with Crippen LogP contribution in [0, 0.1) is 0 Å². The predicted octanol–water partition coefficient (Wildman–Crippen LogP) is 4.17. The zero-order valence-corrected chi connectivity index (χ0v) is 17.2. The van der Waals surface area contributed by atoms with Crippen LogP contribution in [-0.4, -0.2) is 75.7 Å². The van der Waals surface area contributed by atoms with Crippen molar-refractivity contribution in [3.8, 4) is 0 Å². The van der Waals surface area contributed by atoms with Crippen molar-refractivity contribution in [3.05, 3.63) is 0 Å². The Labute approximate surface area is 152 Å². The molecule has 1 heterocycles. The Bertz CT molecular complexity index is 294. The lowest BCUT2D eigenvalue weighted by Gasteiger charge is -2.27. The van der Waals surface area contributed by atoms with E-state index in [-0.39, 0.29) is 6.09 Å². The van der Waals surface area contributed by atoms with Crippen molar-refractivity contribution in [2.45, 2.75) is 26.4 Å². The molecular weight excluding hydrogens is 354 g/mol. The molecule has 0 bridgehead atoms. The third-order valence-electron chi connectivity index (χ3n) is 2.78. The molecule has 0 aromatic rings. The predicted molar refractivity (Wildman–Crippen MR) is 107 cm³/mol. The van der Waals surface area contributed by atoms with Gasteiger partial charge >= 0.3 is 6.09 Å². The molecule has 3 nitrogen and oxygen atoms in total. The molecule has 0 spiro atoms. The first-order valence-electron chi connectivity index (χ1n) is 7.78. The normalized spacial score (nSPS) is 20.8. The lowest BCUT2D eigenvalue weighted by Crippen LogP contribution is -2.39. The first kappa shape index (κ1) is 20.7. The van der Waals surface area contributed by atoms with Gasteiger partial charge in [-0.2, -0.15) is 47.0 Å². The number of ether oxygens (including phenoxy) is 1. The van der Waals surface area contributed by atoms with Gasteiger partial charge in [-0.05, 0) is 20.8 Å². The van der Waals surface area contributed by atoms with Crippen LogP contribution in [0.1, 0.15) is 20.8 Å². The number of rotatable bonds is 0. The largest absolute Gasteiger partial charge is 0.444 e. The smallest absolute Gasteiger partial charge is 0.410 e. The number of hydrogen-bond acceptors (Lipinski definition) is 6. The summed E-state index contributed by atoms with van der Waals surface area (Å²) in [7, 11) is 0. The minimum atomic E-state index is -0.415. The van der Waals surface area contributed by atoms with Crippen LogP contribution >= 0.6 is 47.0 Å². The molecule has 0 radical (unpaired) electrons. The Morgan fingerprint density at radius 1 is 0.773 bits per heavy atom. The van der Waals surface area contributed by atoms with Crippen molar-refractivity contribution >= 4 is 53.1 Å². The third kappa shape index (κ3) is 11.2. The van der Waals surface area contributed by atoms with E-state index in [1.54, 1.807) is 0 Å². The van der Waals surface area contributed by atoms with Crippen LogP contribution in [0.4, 0.5) is 4.79 Å². The summed E-state index contributed by atoms with van der Waals surface area (Å²) in [6.07, 6.45) is -0.165. The van der Waals surface area contributed by atoms with Gasteiger partial charge in [0.25, 0.3) is 0 Å². The molecule has 1 aliphatic heterocycles. The topological polar surface area (TPSA) is 29.5 Å². The van der Waals surface area contributed by atoms with Crippen LogP contribution < -0.4 is 0 Å². The molecule has 1 saturated heterocycles. The van der Waals surface area contributed by atoms with E-state index in [2.05, 4.69) is 0 Å². The fraction of sp³-hybridized carbons (Fsp3) is 0.933. The number of nitrogens with zero attached hydrogens (tertiary/aromatic N) is 1. The van der Waals surface area contributed by atoms with Crippen LogP contribution in [-0.2, 0) is 4.74 Å². The molecule has 1 amide bonds. The highest BCUT2D eigenvalue weighted by Crippen LogP contribution is 2.15. The summed E-state index contributed by atoms with van der Waals surface area (Å²) in [6.45, 7) is 7.36. The molecule has 0 unspecified atom stereocenters. The summed E-state index contributed by atoms with van der Waals surface area (Å²) in [5, 5.41) is 0. The van der Waals surface area contributed by atoms with E-state index in [9.17, 15) is 4.79 Å². The molecule has 130 valence electrons. The third-order valence-corrected chi connectivity index (χ3v) is 7.45. The second-order valence-corrected chi connectivity index (χ2v) is 10.8. The first-order chi connectivity index (χ1) is 10.5. The van der Waals surface area contributed by atoms with Crippen molar-refractivity contribution < 1.29 is 9.53 Å². The molecule has 22 heavy (non-hydrogen) atoms. The van der Waals surface area contributed by atoms with Crippen LogP contribution in [0.25, 0.3) is 0 Å². The molecule has 7 heteroatoms. The summed E-state index contributed by atoms with van der Waals surface area (Å²) in [5.74, 6) is 9.30. The standard InChI is InChI=1S/C15H29NO2S4/c1-15(2,3)18-14(17)16-4-6-19-8-10-21-12-13-22-11-9-20-7-5-16/h4-13H2,1-3H3. The number of carbonyl (C=O) groups excluding carboxylic acids is 1.